The molecule has 0 saturated heterocycles. The quantitative estimate of drug-likeness (QED) is 0.890. The zero-order chi connectivity index (χ0) is 10.7. The van der Waals surface area contributed by atoms with Crippen molar-refractivity contribution in [1.29, 1.82) is 0 Å². The maximum absolute atomic E-state index is 9.06. The number of aliphatic hydroxyl groups excluding tert-OH is 1. The summed E-state index contributed by atoms with van der Waals surface area (Å²) in [7, 11) is 0. The van der Waals surface area contributed by atoms with Gasteiger partial charge in [0.15, 0.2) is 4.34 Å². The molecule has 1 heterocycles. The molecule has 0 radical (unpaired) electrons. The molecular formula is C11H11NOS2. The Morgan fingerprint density at radius 1 is 1.33 bits per heavy atom. The van der Waals surface area contributed by atoms with E-state index >= 15 is 0 Å². The monoisotopic (exact) mass is 237 g/mol. The lowest BCUT2D eigenvalue weighted by Gasteiger charge is -1.94. The second kappa shape index (κ2) is 4.79. The minimum atomic E-state index is 0.0822. The van der Waals surface area contributed by atoms with Crippen molar-refractivity contribution in [2.45, 2.75) is 22.8 Å². The van der Waals surface area contributed by atoms with Crippen LogP contribution in [0.1, 0.15) is 10.6 Å². The zero-order valence-electron chi connectivity index (χ0n) is 8.30. The van der Waals surface area contributed by atoms with Gasteiger partial charge in [-0.15, -0.1) is 11.3 Å². The minimum absolute atomic E-state index is 0.0822. The molecule has 0 unspecified atom stereocenters. The molecule has 0 fully saturated rings. The maximum Gasteiger partial charge on any atom is 0.155 e. The highest BCUT2D eigenvalue weighted by atomic mass is 32.2. The minimum Gasteiger partial charge on any atom is -0.391 e. The topological polar surface area (TPSA) is 33.1 Å². The van der Waals surface area contributed by atoms with Crippen molar-refractivity contribution in [2.75, 3.05) is 0 Å². The zero-order valence-corrected chi connectivity index (χ0v) is 9.94. The fraction of sp³-hybridized carbons (Fsp3) is 0.182. The van der Waals surface area contributed by atoms with E-state index in [0.29, 0.717) is 0 Å². The highest BCUT2D eigenvalue weighted by molar-refractivity contribution is 8.01. The summed E-state index contributed by atoms with van der Waals surface area (Å²) >= 11 is 3.19. The van der Waals surface area contributed by atoms with Gasteiger partial charge in [0.25, 0.3) is 0 Å². The summed E-state index contributed by atoms with van der Waals surface area (Å²) in [4.78, 5) is 6.53. The van der Waals surface area contributed by atoms with Gasteiger partial charge >= 0.3 is 0 Å². The molecule has 1 aromatic heterocycles. The molecule has 2 rings (SSSR count). The van der Waals surface area contributed by atoms with E-state index in [1.165, 1.54) is 4.90 Å². The Bertz CT molecular complexity index is 439. The standard InChI is InChI=1S/C11H11NOS2/c1-8-10(7-13)15-11(12-8)14-9-5-3-2-4-6-9/h2-6,13H,7H2,1H3. The van der Waals surface area contributed by atoms with Crippen molar-refractivity contribution in [1.82, 2.24) is 4.98 Å². The molecule has 0 aliphatic heterocycles. The summed E-state index contributed by atoms with van der Waals surface area (Å²) in [5.74, 6) is 0. The van der Waals surface area contributed by atoms with Crippen LogP contribution in [0.25, 0.3) is 0 Å². The molecule has 0 bridgehead atoms. The van der Waals surface area contributed by atoms with E-state index in [0.717, 1.165) is 14.9 Å². The van der Waals surface area contributed by atoms with Gasteiger partial charge < -0.3 is 5.11 Å². The molecule has 0 spiro atoms. The molecule has 15 heavy (non-hydrogen) atoms. The van der Waals surface area contributed by atoms with Gasteiger partial charge in [0.2, 0.25) is 0 Å². The van der Waals surface area contributed by atoms with E-state index in [1.54, 1.807) is 23.1 Å². The van der Waals surface area contributed by atoms with Gasteiger partial charge in [0, 0.05) is 4.90 Å². The van der Waals surface area contributed by atoms with Crippen LogP contribution in [-0.4, -0.2) is 10.1 Å². The van der Waals surface area contributed by atoms with E-state index in [4.69, 9.17) is 5.11 Å². The number of aryl methyl sites for hydroxylation is 1. The summed E-state index contributed by atoms with van der Waals surface area (Å²) in [6, 6.07) is 10.1. The van der Waals surface area contributed by atoms with Crippen LogP contribution in [0.2, 0.25) is 0 Å². The first-order valence-corrected chi connectivity index (χ1v) is 6.23. The Hall–Kier alpha value is -0.840. The largest absolute Gasteiger partial charge is 0.391 e. The first kappa shape index (κ1) is 10.7. The molecule has 4 heteroatoms. The number of hydrogen-bond donors (Lipinski definition) is 1. The van der Waals surface area contributed by atoms with Crippen LogP contribution in [0.5, 0.6) is 0 Å². The van der Waals surface area contributed by atoms with Crippen molar-refractivity contribution >= 4 is 23.1 Å². The van der Waals surface area contributed by atoms with Crippen molar-refractivity contribution in [2.24, 2.45) is 0 Å². The lowest BCUT2D eigenvalue weighted by atomic mass is 10.4. The average molecular weight is 237 g/mol. The summed E-state index contributed by atoms with van der Waals surface area (Å²) in [6.07, 6.45) is 0. The normalized spacial score (nSPS) is 10.5. The third kappa shape index (κ3) is 2.59. The van der Waals surface area contributed by atoms with Gasteiger partial charge in [-0.1, -0.05) is 30.0 Å². The number of aliphatic hydroxyl groups is 1. The van der Waals surface area contributed by atoms with Crippen LogP contribution >= 0.6 is 23.1 Å². The summed E-state index contributed by atoms with van der Waals surface area (Å²) < 4.78 is 0.989. The van der Waals surface area contributed by atoms with Crippen molar-refractivity contribution in [3.63, 3.8) is 0 Å². The summed E-state index contributed by atoms with van der Waals surface area (Å²) in [5, 5.41) is 9.06. The molecule has 0 saturated carbocycles. The Labute approximate surface area is 97.0 Å². The first-order chi connectivity index (χ1) is 7.29. The number of aromatic nitrogens is 1. The molecule has 0 amide bonds. The number of thiazole rings is 1. The number of rotatable bonds is 3. The van der Waals surface area contributed by atoms with Gasteiger partial charge in [-0.25, -0.2) is 4.98 Å². The average Bonchev–Trinajstić information content (AvgIpc) is 2.60. The molecule has 78 valence electrons. The van der Waals surface area contributed by atoms with Gasteiger partial charge in [-0.05, 0) is 19.1 Å². The summed E-state index contributed by atoms with van der Waals surface area (Å²) in [5.41, 5.74) is 0.931. The molecule has 2 aromatic rings. The number of nitrogens with zero attached hydrogens (tertiary/aromatic N) is 1. The van der Waals surface area contributed by atoms with E-state index in [1.807, 2.05) is 25.1 Å². The van der Waals surface area contributed by atoms with Crippen LogP contribution in [0.4, 0.5) is 0 Å². The fourth-order valence-electron chi connectivity index (χ4n) is 1.18. The lowest BCUT2D eigenvalue weighted by molar-refractivity contribution is 0.284. The van der Waals surface area contributed by atoms with E-state index in [2.05, 4.69) is 17.1 Å². The van der Waals surface area contributed by atoms with Crippen molar-refractivity contribution in [3.8, 4) is 0 Å². The van der Waals surface area contributed by atoms with E-state index < -0.39 is 0 Å². The molecule has 0 aliphatic carbocycles. The number of hydrogen-bond acceptors (Lipinski definition) is 4. The molecular weight excluding hydrogens is 226 g/mol. The Morgan fingerprint density at radius 3 is 2.67 bits per heavy atom. The maximum atomic E-state index is 9.06. The molecule has 0 aliphatic rings. The van der Waals surface area contributed by atoms with Crippen LogP contribution in [-0.2, 0) is 6.61 Å². The van der Waals surface area contributed by atoms with Gasteiger partial charge in [0.1, 0.15) is 0 Å². The third-order valence-corrected chi connectivity index (χ3v) is 4.18. The van der Waals surface area contributed by atoms with Crippen LogP contribution in [0.3, 0.4) is 0 Å². The highest BCUT2D eigenvalue weighted by Crippen LogP contribution is 2.32. The van der Waals surface area contributed by atoms with Crippen molar-refractivity contribution in [3.05, 3.63) is 40.9 Å². The fourth-order valence-corrected chi connectivity index (χ4v) is 3.27. The van der Waals surface area contributed by atoms with Gasteiger partial charge in [-0.3, -0.25) is 0 Å². The Morgan fingerprint density at radius 2 is 2.07 bits per heavy atom. The van der Waals surface area contributed by atoms with E-state index in [9.17, 15) is 0 Å². The highest BCUT2D eigenvalue weighted by Gasteiger charge is 2.07. The second-order valence-electron chi connectivity index (χ2n) is 3.06. The molecule has 1 N–H and O–H groups in total. The Balaban J connectivity index is 2.18. The number of benzene rings is 1. The van der Waals surface area contributed by atoms with E-state index in [-0.39, 0.29) is 6.61 Å². The molecule has 2 nitrogen and oxygen atoms in total. The van der Waals surface area contributed by atoms with Crippen LogP contribution in [0, 0.1) is 6.92 Å². The molecule has 0 atom stereocenters. The van der Waals surface area contributed by atoms with Crippen LogP contribution < -0.4 is 0 Å². The smallest absolute Gasteiger partial charge is 0.155 e. The second-order valence-corrected chi connectivity index (χ2v) is 5.47. The lowest BCUT2D eigenvalue weighted by Crippen LogP contribution is -1.80. The van der Waals surface area contributed by atoms with Crippen molar-refractivity contribution < 1.29 is 5.11 Å². The Kier molecular flexibility index (Phi) is 3.41. The predicted octanol–water partition coefficient (Wildman–Crippen LogP) is 3.10. The first-order valence-electron chi connectivity index (χ1n) is 4.59. The van der Waals surface area contributed by atoms with Gasteiger partial charge in [-0.2, -0.15) is 0 Å². The summed E-state index contributed by atoms with van der Waals surface area (Å²) in [6.45, 7) is 2.01. The van der Waals surface area contributed by atoms with Gasteiger partial charge in [0.05, 0.1) is 17.2 Å². The van der Waals surface area contributed by atoms with Crippen LogP contribution in [0.15, 0.2) is 39.6 Å². The SMILES string of the molecule is Cc1nc(Sc2ccccc2)sc1CO. The third-order valence-electron chi connectivity index (χ3n) is 1.97. The predicted molar refractivity (Wildman–Crippen MR) is 63.3 cm³/mol. The molecule has 1 aromatic carbocycles.